The van der Waals surface area contributed by atoms with Crippen molar-refractivity contribution in [3.05, 3.63) is 108 Å². The summed E-state index contributed by atoms with van der Waals surface area (Å²) in [6.07, 6.45) is -0.616. The molecule has 0 bridgehead atoms. The fraction of sp³-hybridized carbons (Fsp3) is 0.375. The molecule has 4 nitrogen and oxygen atoms in total. The fourth-order valence-corrected chi connectivity index (χ4v) is 11.2. The van der Waals surface area contributed by atoms with Gasteiger partial charge in [-0.3, -0.25) is 9.59 Å². The third-order valence-electron chi connectivity index (χ3n) is 8.04. The zero-order valence-electron chi connectivity index (χ0n) is 23.0. The van der Waals surface area contributed by atoms with Gasteiger partial charge in [0.15, 0.2) is 5.78 Å². The Morgan fingerprint density at radius 2 is 1.24 bits per heavy atom. The number of epoxide rings is 1. The van der Waals surface area contributed by atoms with Gasteiger partial charge in [-0.15, -0.1) is 11.8 Å². The number of hydrogen-bond acceptors (Lipinski definition) is 4. The van der Waals surface area contributed by atoms with Gasteiger partial charge in [0.25, 0.3) is 0 Å². The number of Topliss-reactive ketones (excluding diaryl/α,β-unsaturated/α-hetero) is 1. The van der Waals surface area contributed by atoms with Gasteiger partial charge in [-0.05, 0) is 44.4 Å². The summed E-state index contributed by atoms with van der Waals surface area (Å²) in [7, 11) is -1.85. The van der Waals surface area contributed by atoms with E-state index in [4.69, 9.17) is 4.74 Å². The highest BCUT2D eigenvalue weighted by Gasteiger charge is 2.73. The van der Waals surface area contributed by atoms with E-state index < -0.39 is 30.2 Å². The van der Waals surface area contributed by atoms with Crippen LogP contribution in [0.2, 0.25) is 18.1 Å². The Kier molecular flexibility index (Phi) is 6.95. The van der Waals surface area contributed by atoms with Crippen LogP contribution >= 0.6 is 11.8 Å². The van der Waals surface area contributed by atoms with Crippen LogP contribution in [0.15, 0.2) is 91.0 Å². The van der Waals surface area contributed by atoms with Crippen molar-refractivity contribution in [3.8, 4) is 0 Å². The summed E-state index contributed by atoms with van der Waals surface area (Å²) in [4.78, 5) is 30.4. The van der Waals surface area contributed by atoms with Crippen LogP contribution in [-0.4, -0.2) is 48.5 Å². The Morgan fingerprint density at radius 3 is 1.55 bits per heavy atom. The van der Waals surface area contributed by atoms with Gasteiger partial charge in [0.05, 0.1) is 25.0 Å². The van der Waals surface area contributed by atoms with Gasteiger partial charge < -0.3 is 9.64 Å². The quantitative estimate of drug-likeness (QED) is 0.111. The molecule has 2 aliphatic heterocycles. The third kappa shape index (κ3) is 4.09. The molecule has 1 amide bonds. The highest BCUT2D eigenvalue weighted by Crippen LogP contribution is 2.64. The normalized spacial score (nSPS) is 25.3. The predicted octanol–water partition coefficient (Wildman–Crippen LogP) is 6.26. The largest absolute Gasteiger partial charge is 0.362 e. The molecule has 2 aliphatic rings. The van der Waals surface area contributed by atoms with Crippen LogP contribution < -0.4 is 0 Å². The number of carbonyl (C=O) groups excluding carboxylic acids is 2. The molecule has 0 radical (unpaired) electrons. The average molecular weight is 544 g/mol. The molecule has 0 aliphatic carbocycles. The lowest BCUT2D eigenvalue weighted by molar-refractivity contribution is -0.161. The number of ether oxygens (including phenoxy) is 1. The second-order valence-electron chi connectivity index (χ2n) is 11.7. The molecule has 2 fully saturated rings. The van der Waals surface area contributed by atoms with Crippen molar-refractivity contribution in [3.63, 3.8) is 0 Å². The van der Waals surface area contributed by atoms with Crippen molar-refractivity contribution in [2.45, 2.75) is 73.7 Å². The minimum Gasteiger partial charge on any atom is -0.362 e. The smallest absolute Gasteiger partial charge is 0.237 e. The Hall–Kier alpha value is -2.67. The topological polar surface area (TPSA) is 49.9 Å². The summed E-state index contributed by atoms with van der Waals surface area (Å²) in [6.45, 7) is 12.4. The van der Waals surface area contributed by atoms with Gasteiger partial charge in [0, 0.05) is 5.54 Å². The number of likely N-dealkylation sites (tertiary alicyclic amines) is 1. The van der Waals surface area contributed by atoms with E-state index in [0.717, 1.165) is 16.7 Å². The molecule has 38 heavy (non-hydrogen) atoms. The molecule has 3 aromatic carbocycles. The van der Waals surface area contributed by atoms with E-state index in [1.165, 1.54) is 0 Å². The number of thioether (sulfide) groups is 1. The molecular weight excluding hydrogens is 507 g/mol. The van der Waals surface area contributed by atoms with Crippen molar-refractivity contribution >= 4 is 32.2 Å². The molecule has 0 N–H and O–H groups in total. The molecule has 5 rings (SSSR count). The molecule has 2 saturated heterocycles. The zero-order valence-corrected chi connectivity index (χ0v) is 25.0. The number of β-lactam (4-membered cyclic amide) rings is 1. The lowest BCUT2D eigenvalue weighted by Gasteiger charge is -2.62. The van der Waals surface area contributed by atoms with Crippen molar-refractivity contribution in [1.82, 2.24) is 4.90 Å². The van der Waals surface area contributed by atoms with E-state index in [1.807, 2.05) is 30.0 Å². The maximum Gasteiger partial charge on any atom is 0.237 e. The Balaban J connectivity index is 1.77. The second-order valence-corrected chi connectivity index (χ2v) is 16.3. The molecule has 0 aromatic heterocycles. The summed E-state index contributed by atoms with van der Waals surface area (Å²) in [5.74, 6) is -0.0438. The molecule has 0 saturated carbocycles. The predicted molar refractivity (Wildman–Crippen MR) is 158 cm³/mol. The summed E-state index contributed by atoms with van der Waals surface area (Å²) in [5.41, 5.74) is 2.93. The van der Waals surface area contributed by atoms with Crippen molar-refractivity contribution in [1.29, 1.82) is 0 Å². The highest BCUT2D eigenvalue weighted by atomic mass is 32.2. The van der Waals surface area contributed by atoms with Crippen LogP contribution in [0.4, 0.5) is 0 Å². The summed E-state index contributed by atoms with van der Waals surface area (Å²) in [5, 5.41) is -1.36. The van der Waals surface area contributed by atoms with E-state index in [9.17, 15) is 9.59 Å². The fourth-order valence-electron chi connectivity index (χ4n) is 5.98. The van der Waals surface area contributed by atoms with Gasteiger partial charge in [-0.25, -0.2) is 0 Å². The summed E-state index contributed by atoms with van der Waals surface area (Å²) in [6, 6.07) is 31.5. The zero-order chi connectivity index (χ0) is 27.3. The number of nitrogens with zero attached hydrogens (tertiary/aromatic N) is 1. The number of hydrogen-bond donors (Lipinski definition) is 0. The van der Waals surface area contributed by atoms with E-state index in [2.05, 4.69) is 107 Å². The Labute approximate surface area is 232 Å². The van der Waals surface area contributed by atoms with E-state index in [-0.39, 0.29) is 23.2 Å². The second kappa shape index (κ2) is 9.81. The van der Waals surface area contributed by atoms with Crippen LogP contribution in [0.3, 0.4) is 0 Å². The number of benzene rings is 3. The molecule has 2 unspecified atom stereocenters. The minimum atomic E-state index is -1.85. The van der Waals surface area contributed by atoms with Crippen LogP contribution in [0.5, 0.6) is 0 Å². The number of rotatable bonds is 8. The van der Waals surface area contributed by atoms with Gasteiger partial charge in [0.2, 0.25) is 5.91 Å². The molecule has 0 spiro atoms. The molecule has 2 heterocycles. The minimum absolute atomic E-state index is 0.0160. The van der Waals surface area contributed by atoms with Crippen LogP contribution in [0.25, 0.3) is 0 Å². The maximum absolute atomic E-state index is 14.2. The summed E-state index contributed by atoms with van der Waals surface area (Å²) < 4.78 is 5.07. The number of ketones is 1. The van der Waals surface area contributed by atoms with Crippen LogP contribution in [-0.2, 0) is 19.1 Å². The first-order valence-electron chi connectivity index (χ1n) is 13.4. The lowest BCUT2D eigenvalue weighted by atomic mass is 9.83. The van der Waals surface area contributed by atoms with Gasteiger partial charge >= 0.3 is 0 Å². The number of carbonyl (C=O) groups is 2. The Morgan fingerprint density at radius 1 is 0.842 bits per heavy atom. The average Bonchev–Trinajstić information content (AvgIpc) is 3.63. The van der Waals surface area contributed by atoms with E-state index >= 15 is 0 Å². The van der Waals surface area contributed by atoms with Crippen LogP contribution in [0.1, 0.15) is 44.4 Å². The lowest BCUT2D eigenvalue weighted by Crippen LogP contribution is -2.75. The maximum atomic E-state index is 14.2. The SMILES string of the molecule is CC1OC1C(=O)[C@]1([SiH](C)C)C(=O)N(C(C)(C)C)[C@@H]1SC(c1ccccc1)(c1ccccc1)c1ccccc1. The van der Waals surface area contributed by atoms with Crippen molar-refractivity contribution < 1.29 is 14.3 Å². The van der Waals surface area contributed by atoms with Gasteiger partial charge in [-0.2, -0.15) is 0 Å². The van der Waals surface area contributed by atoms with Gasteiger partial charge in [-0.1, -0.05) is 104 Å². The first-order valence-corrected chi connectivity index (χ1v) is 17.2. The summed E-state index contributed by atoms with van der Waals surface area (Å²) >= 11 is 1.75. The van der Waals surface area contributed by atoms with E-state index in [0.29, 0.717) is 0 Å². The van der Waals surface area contributed by atoms with Crippen molar-refractivity contribution in [2.75, 3.05) is 0 Å². The third-order valence-corrected chi connectivity index (χ3v) is 12.8. The Bertz CT molecular complexity index is 1210. The number of amides is 1. The van der Waals surface area contributed by atoms with Gasteiger partial charge in [0.1, 0.15) is 11.1 Å². The molecule has 6 heteroatoms. The molecular formula is C32H37NO3SSi. The molecule has 3 aromatic rings. The molecule has 198 valence electrons. The monoisotopic (exact) mass is 543 g/mol. The first-order chi connectivity index (χ1) is 18.1. The first kappa shape index (κ1) is 26.9. The van der Waals surface area contributed by atoms with E-state index in [1.54, 1.807) is 11.8 Å². The van der Waals surface area contributed by atoms with Crippen molar-refractivity contribution in [2.24, 2.45) is 0 Å². The highest BCUT2D eigenvalue weighted by molar-refractivity contribution is 8.01. The standard InChI is InChI=1S/C32H37NO3SSi/c1-22-26(36-22)27(34)32(38(5)6)28(35)33(30(2,3)4)29(32)37-31(23-16-10-7-11-17-23,24-18-12-8-13-19-24)25-20-14-9-15-21-25/h7-22,26,29,38H,1-6H3/t22?,26?,29-,32+/m1/s1. The van der Waals surface area contributed by atoms with Crippen LogP contribution in [0, 0.1) is 0 Å². The molecule has 4 atom stereocenters.